The highest BCUT2D eigenvalue weighted by molar-refractivity contribution is 7.91. The molecule has 1 fully saturated rings. The monoisotopic (exact) mass is 405 g/mol. The Balaban J connectivity index is 1.76. The van der Waals surface area contributed by atoms with Crippen LogP contribution in [0.4, 0.5) is 4.39 Å². The Morgan fingerprint density at radius 3 is 2.57 bits per heavy atom. The van der Waals surface area contributed by atoms with Crippen molar-refractivity contribution in [2.75, 3.05) is 18.1 Å². The van der Waals surface area contributed by atoms with Crippen LogP contribution in [0.15, 0.2) is 42.5 Å². The number of hydrogen-bond donors (Lipinski definition) is 0. The first-order valence-electron chi connectivity index (χ1n) is 9.18. The van der Waals surface area contributed by atoms with Gasteiger partial charge in [0, 0.05) is 18.2 Å². The fourth-order valence-corrected chi connectivity index (χ4v) is 5.01. The van der Waals surface area contributed by atoms with Crippen molar-refractivity contribution in [3.8, 4) is 5.75 Å². The second-order valence-corrected chi connectivity index (χ2v) is 9.43. The minimum absolute atomic E-state index is 0.0159. The van der Waals surface area contributed by atoms with Gasteiger partial charge in [0.25, 0.3) is 5.91 Å². The molecule has 3 rings (SSSR count). The van der Waals surface area contributed by atoms with Crippen molar-refractivity contribution in [3.05, 3.63) is 65.0 Å². The van der Waals surface area contributed by atoms with Gasteiger partial charge in [0.15, 0.2) is 16.4 Å². The van der Waals surface area contributed by atoms with E-state index in [1.54, 1.807) is 24.3 Å². The average molecular weight is 405 g/mol. The smallest absolute Gasteiger partial charge is 0.261 e. The summed E-state index contributed by atoms with van der Waals surface area (Å²) in [6.07, 6.45) is 0.353. The summed E-state index contributed by atoms with van der Waals surface area (Å²) >= 11 is 0. The summed E-state index contributed by atoms with van der Waals surface area (Å²) < 4.78 is 43.5. The van der Waals surface area contributed by atoms with E-state index < -0.39 is 21.7 Å². The second kappa shape index (κ2) is 8.31. The molecule has 0 N–H and O–H groups in total. The number of carbonyl (C=O) groups excluding carboxylic acids is 1. The average Bonchev–Trinajstić information content (AvgIpc) is 3.01. The van der Waals surface area contributed by atoms with Crippen LogP contribution in [0.3, 0.4) is 0 Å². The fourth-order valence-electron chi connectivity index (χ4n) is 3.28. The van der Waals surface area contributed by atoms with E-state index in [4.69, 9.17) is 4.74 Å². The van der Waals surface area contributed by atoms with E-state index >= 15 is 0 Å². The standard InChI is InChI=1S/C21H24FNO4S/c1-15-7-8-19(11-16(15)2)27-13-21(24)23(18-9-10-28(25,26)14-18)12-17-5-3-4-6-20(17)22/h3-8,11,18H,9-10,12-14H2,1-2H3/t18-/m0/s1. The Hall–Kier alpha value is -2.41. The number of aryl methyl sites for hydroxylation is 2. The van der Waals surface area contributed by atoms with Gasteiger partial charge in [-0.1, -0.05) is 24.3 Å². The van der Waals surface area contributed by atoms with Gasteiger partial charge in [-0.2, -0.15) is 0 Å². The van der Waals surface area contributed by atoms with Crippen LogP contribution in [0.2, 0.25) is 0 Å². The zero-order valence-corrected chi connectivity index (χ0v) is 16.8. The van der Waals surface area contributed by atoms with E-state index in [-0.39, 0.29) is 30.6 Å². The normalized spacial score (nSPS) is 18.0. The van der Waals surface area contributed by atoms with Crippen molar-refractivity contribution in [1.82, 2.24) is 4.90 Å². The zero-order valence-electron chi connectivity index (χ0n) is 16.0. The molecule has 0 aliphatic carbocycles. The zero-order chi connectivity index (χ0) is 20.3. The lowest BCUT2D eigenvalue weighted by atomic mass is 10.1. The second-order valence-electron chi connectivity index (χ2n) is 7.20. The van der Waals surface area contributed by atoms with Crippen LogP contribution in [-0.2, 0) is 21.2 Å². The molecule has 0 radical (unpaired) electrons. The van der Waals surface area contributed by atoms with Gasteiger partial charge in [-0.25, -0.2) is 12.8 Å². The van der Waals surface area contributed by atoms with Crippen LogP contribution >= 0.6 is 0 Å². The number of rotatable bonds is 6. The maximum atomic E-state index is 14.1. The molecule has 1 amide bonds. The topological polar surface area (TPSA) is 63.7 Å². The molecule has 5 nitrogen and oxygen atoms in total. The van der Waals surface area contributed by atoms with Gasteiger partial charge in [0.1, 0.15) is 11.6 Å². The van der Waals surface area contributed by atoms with Crippen molar-refractivity contribution in [2.24, 2.45) is 0 Å². The molecule has 0 bridgehead atoms. The van der Waals surface area contributed by atoms with Crippen molar-refractivity contribution in [1.29, 1.82) is 0 Å². The molecule has 0 aromatic heterocycles. The molecule has 2 aromatic carbocycles. The lowest BCUT2D eigenvalue weighted by molar-refractivity contribution is -0.136. The third-order valence-corrected chi connectivity index (χ3v) is 6.86. The first-order chi connectivity index (χ1) is 13.2. The van der Waals surface area contributed by atoms with E-state index in [9.17, 15) is 17.6 Å². The van der Waals surface area contributed by atoms with Crippen LogP contribution in [0.25, 0.3) is 0 Å². The van der Waals surface area contributed by atoms with E-state index in [0.717, 1.165) is 11.1 Å². The van der Waals surface area contributed by atoms with Crippen LogP contribution in [0, 0.1) is 19.7 Å². The highest BCUT2D eigenvalue weighted by Crippen LogP contribution is 2.22. The van der Waals surface area contributed by atoms with Crippen molar-refractivity contribution >= 4 is 15.7 Å². The quantitative estimate of drug-likeness (QED) is 0.741. The fraction of sp³-hybridized carbons (Fsp3) is 0.381. The van der Waals surface area contributed by atoms with Gasteiger partial charge in [-0.3, -0.25) is 4.79 Å². The summed E-state index contributed by atoms with van der Waals surface area (Å²) in [5, 5.41) is 0. The SMILES string of the molecule is Cc1ccc(OCC(=O)N(Cc2ccccc2F)[C@H]2CCS(=O)(=O)C2)cc1C. The molecule has 0 saturated carbocycles. The lowest BCUT2D eigenvalue weighted by Crippen LogP contribution is -2.43. The van der Waals surface area contributed by atoms with Gasteiger partial charge in [-0.15, -0.1) is 0 Å². The minimum Gasteiger partial charge on any atom is -0.484 e. The number of amides is 1. The first kappa shape index (κ1) is 20.3. The van der Waals surface area contributed by atoms with Crippen LogP contribution < -0.4 is 4.74 Å². The number of halogens is 1. The van der Waals surface area contributed by atoms with Gasteiger partial charge in [0.05, 0.1) is 11.5 Å². The van der Waals surface area contributed by atoms with Crippen molar-refractivity contribution < 1.29 is 22.3 Å². The molecule has 1 saturated heterocycles. The van der Waals surface area contributed by atoms with Gasteiger partial charge in [-0.05, 0) is 49.6 Å². The Bertz CT molecular complexity index is 974. The largest absolute Gasteiger partial charge is 0.484 e. The summed E-state index contributed by atoms with van der Waals surface area (Å²) in [6, 6.07) is 11.3. The highest BCUT2D eigenvalue weighted by atomic mass is 32.2. The molecular weight excluding hydrogens is 381 g/mol. The maximum Gasteiger partial charge on any atom is 0.261 e. The minimum atomic E-state index is -3.18. The van der Waals surface area contributed by atoms with Gasteiger partial charge < -0.3 is 9.64 Å². The predicted molar refractivity (Wildman–Crippen MR) is 105 cm³/mol. The molecule has 1 aliphatic rings. The Labute approximate surface area is 165 Å². The van der Waals surface area contributed by atoms with Crippen LogP contribution in [0.5, 0.6) is 5.75 Å². The van der Waals surface area contributed by atoms with E-state index in [0.29, 0.717) is 17.7 Å². The molecule has 0 spiro atoms. The third-order valence-electron chi connectivity index (χ3n) is 5.11. The van der Waals surface area contributed by atoms with Crippen LogP contribution in [-0.4, -0.2) is 43.4 Å². The van der Waals surface area contributed by atoms with Gasteiger partial charge >= 0.3 is 0 Å². The molecular formula is C21H24FNO4S. The first-order valence-corrected chi connectivity index (χ1v) is 11.0. The lowest BCUT2D eigenvalue weighted by Gasteiger charge is -2.28. The number of carbonyl (C=O) groups is 1. The third kappa shape index (κ3) is 4.90. The molecule has 7 heteroatoms. The summed E-state index contributed by atoms with van der Waals surface area (Å²) in [5.41, 5.74) is 2.53. The predicted octanol–water partition coefficient (Wildman–Crippen LogP) is 3.04. The van der Waals surface area contributed by atoms with E-state index in [2.05, 4.69) is 0 Å². The number of ether oxygens (including phenoxy) is 1. The summed E-state index contributed by atoms with van der Waals surface area (Å²) in [5.74, 6) is -0.269. The summed E-state index contributed by atoms with van der Waals surface area (Å²) in [4.78, 5) is 14.3. The molecule has 1 heterocycles. The van der Waals surface area contributed by atoms with E-state index in [1.165, 1.54) is 11.0 Å². The maximum absolute atomic E-state index is 14.1. The molecule has 28 heavy (non-hydrogen) atoms. The Morgan fingerprint density at radius 1 is 1.18 bits per heavy atom. The Morgan fingerprint density at radius 2 is 1.93 bits per heavy atom. The molecule has 0 unspecified atom stereocenters. The molecule has 1 aliphatic heterocycles. The molecule has 1 atom stereocenters. The van der Waals surface area contributed by atoms with Crippen molar-refractivity contribution in [3.63, 3.8) is 0 Å². The van der Waals surface area contributed by atoms with Gasteiger partial charge in [0.2, 0.25) is 0 Å². The number of sulfone groups is 1. The number of benzene rings is 2. The molecule has 2 aromatic rings. The molecule has 150 valence electrons. The highest BCUT2D eigenvalue weighted by Gasteiger charge is 2.35. The summed E-state index contributed by atoms with van der Waals surface area (Å²) in [7, 11) is -3.18. The Kier molecular flexibility index (Phi) is 6.03. The van der Waals surface area contributed by atoms with E-state index in [1.807, 2.05) is 26.0 Å². The number of nitrogens with zero attached hydrogens (tertiary/aromatic N) is 1. The van der Waals surface area contributed by atoms with Crippen molar-refractivity contribution in [2.45, 2.75) is 32.9 Å². The number of hydrogen-bond acceptors (Lipinski definition) is 4. The summed E-state index contributed by atoms with van der Waals surface area (Å²) in [6.45, 7) is 3.73. The van der Waals surface area contributed by atoms with Crippen LogP contribution in [0.1, 0.15) is 23.1 Å².